The third kappa shape index (κ3) is 4.49. The van der Waals surface area contributed by atoms with E-state index in [4.69, 9.17) is 0 Å². The number of rotatable bonds is 5. The highest BCUT2D eigenvalue weighted by Crippen LogP contribution is 2.36. The van der Waals surface area contributed by atoms with E-state index in [9.17, 15) is 14.4 Å². The Kier molecular flexibility index (Phi) is 5.81. The number of hydrogen-bond acceptors (Lipinski definition) is 4. The quantitative estimate of drug-likeness (QED) is 0.740. The second-order valence-corrected chi connectivity index (χ2v) is 7.48. The van der Waals surface area contributed by atoms with E-state index in [0.29, 0.717) is 17.8 Å². The van der Waals surface area contributed by atoms with Crippen molar-refractivity contribution >= 4 is 40.9 Å². The number of benzene rings is 2. The zero-order valence-electron chi connectivity index (χ0n) is 15.2. The first kappa shape index (κ1) is 19.0. The second kappa shape index (κ2) is 8.26. The van der Waals surface area contributed by atoms with Crippen molar-refractivity contribution in [3.05, 3.63) is 53.6 Å². The smallest absolute Gasteiger partial charge is 0.251 e. The second-order valence-electron chi connectivity index (χ2n) is 6.23. The standard InChI is InChI=1S/C20H21N3O3S/c1-3-21-19(25)13-9-8-12(2)15(10-13)22-18(24)11-17-20(26)23-14-6-4-5-7-16(14)27-17/h4-10,17H,3,11H2,1-2H3,(H,21,25)(H,22,24)(H,23,26). The van der Waals surface area contributed by atoms with Crippen LogP contribution >= 0.6 is 11.8 Å². The molecule has 1 unspecified atom stereocenters. The van der Waals surface area contributed by atoms with Crippen LogP contribution in [0.3, 0.4) is 0 Å². The number of fused-ring (bicyclic) bond motifs is 1. The molecule has 1 aliphatic rings. The summed E-state index contributed by atoms with van der Waals surface area (Å²) in [7, 11) is 0. The lowest BCUT2D eigenvalue weighted by Crippen LogP contribution is -2.32. The van der Waals surface area contributed by atoms with Gasteiger partial charge in [-0.25, -0.2) is 0 Å². The van der Waals surface area contributed by atoms with E-state index in [1.807, 2.05) is 38.1 Å². The van der Waals surface area contributed by atoms with E-state index in [1.54, 1.807) is 18.2 Å². The molecule has 1 heterocycles. The van der Waals surface area contributed by atoms with Gasteiger partial charge in [0.25, 0.3) is 5.91 Å². The largest absolute Gasteiger partial charge is 0.352 e. The summed E-state index contributed by atoms with van der Waals surface area (Å²) in [6.45, 7) is 4.24. The van der Waals surface area contributed by atoms with Crippen molar-refractivity contribution in [1.29, 1.82) is 0 Å². The van der Waals surface area contributed by atoms with E-state index < -0.39 is 5.25 Å². The van der Waals surface area contributed by atoms with Crippen LogP contribution in [0, 0.1) is 6.92 Å². The van der Waals surface area contributed by atoms with Gasteiger partial charge in [0.2, 0.25) is 11.8 Å². The van der Waals surface area contributed by atoms with Gasteiger partial charge in [-0.1, -0.05) is 18.2 Å². The van der Waals surface area contributed by atoms with Gasteiger partial charge < -0.3 is 16.0 Å². The summed E-state index contributed by atoms with van der Waals surface area (Å²) < 4.78 is 0. The van der Waals surface area contributed by atoms with E-state index in [-0.39, 0.29) is 24.1 Å². The fraction of sp³-hybridized carbons (Fsp3) is 0.250. The molecule has 0 aliphatic carbocycles. The molecule has 2 aromatic carbocycles. The first-order valence-corrected chi connectivity index (χ1v) is 9.61. The highest BCUT2D eigenvalue weighted by molar-refractivity contribution is 8.01. The average molecular weight is 383 g/mol. The normalized spacial score (nSPS) is 15.5. The first-order chi connectivity index (χ1) is 13.0. The number of carbonyl (C=O) groups excluding carboxylic acids is 3. The van der Waals surface area contributed by atoms with Crippen molar-refractivity contribution in [3.8, 4) is 0 Å². The summed E-state index contributed by atoms with van der Waals surface area (Å²) in [4.78, 5) is 37.7. The van der Waals surface area contributed by atoms with E-state index in [1.165, 1.54) is 11.8 Å². The lowest BCUT2D eigenvalue weighted by molar-refractivity contribution is -0.120. The van der Waals surface area contributed by atoms with Crippen LogP contribution in [0.2, 0.25) is 0 Å². The monoisotopic (exact) mass is 383 g/mol. The third-order valence-corrected chi connectivity index (χ3v) is 5.46. The zero-order valence-corrected chi connectivity index (χ0v) is 16.0. The van der Waals surface area contributed by atoms with Gasteiger partial charge in [-0.05, 0) is 43.7 Å². The molecule has 1 aliphatic heterocycles. The minimum absolute atomic E-state index is 0.0512. The van der Waals surface area contributed by atoms with Gasteiger partial charge in [-0.2, -0.15) is 0 Å². The maximum Gasteiger partial charge on any atom is 0.251 e. The molecule has 0 bridgehead atoms. The lowest BCUT2D eigenvalue weighted by atomic mass is 10.1. The fourth-order valence-corrected chi connectivity index (χ4v) is 3.87. The predicted molar refractivity (Wildman–Crippen MR) is 107 cm³/mol. The summed E-state index contributed by atoms with van der Waals surface area (Å²) in [6, 6.07) is 12.7. The number of aryl methyl sites for hydroxylation is 1. The molecule has 0 radical (unpaired) electrons. The molecule has 2 aromatic rings. The third-order valence-electron chi connectivity index (χ3n) is 4.19. The number of anilines is 2. The van der Waals surface area contributed by atoms with Crippen LogP contribution in [0.25, 0.3) is 0 Å². The Bertz CT molecular complexity index is 898. The van der Waals surface area contributed by atoms with E-state index >= 15 is 0 Å². The van der Waals surface area contributed by atoms with Crippen LogP contribution in [0.15, 0.2) is 47.4 Å². The topological polar surface area (TPSA) is 87.3 Å². The molecular formula is C20H21N3O3S. The van der Waals surface area contributed by atoms with E-state index in [2.05, 4.69) is 16.0 Å². The van der Waals surface area contributed by atoms with Gasteiger partial charge in [0.1, 0.15) is 0 Å². The fourth-order valence-electron chi connectivity index (χ4n) is 2.76. The average Bonchev–Trinajstić information content (AvgIpc) is 2.64. The van der Waals surface area contributed by atoms with Crippen LogP contribution in [0.1, 0.15) is 29.3 Å². The Morgan fingerprint density at radius 1 is 1.19 bits per heavy atom. The molecule has 1 atom stereocenters. The number of amides is 3. The maximum atomic E-state index is 12.5. The maximum absolute atomic E-state index is 12.5. The number of carbonyl (C=O) groups is 3. The number of thioether (sulfide) groups is 1. The number of para-hydroxylation sites is 1. The Morgan fingerprint density at radius 3 is 2.74 bits per heavy atom. The molecule has 0 saturated carbocycles. The Labute approximate surface area is 162 Å². The summed E-state index contributed by atoms with van der Waals surface area (Å²) in [5.41, 5.74) is 2.68. The van der Waals surface area contributed by atoms with Gasteiger partial charge in [0, 0.05) is 29.1 Å². The Hall–Kier alpha value is -2.80. The first-order valence-electron chi connectivity index (χ1n) is 8.73. The van der Waals surface area contributed by atoms with Crippen LogP contribution in [0.4, 0.5) is 11.4 Å². The van der Waals surface area contributed by atoms with Crippen LogP contribution in [-0.2, 0) is 9.59 Å². The molecule has 0 saturated heterocycles. The van der Waals surface area contributed by atoms with Crippen LogP contribution in [-0.4, -0.2) is 29.5 Å². The minimum atomic E-state index is -0.494. The van der Waals surface area contributed by atoms with Gasteiger partial charge in [0.05, 0.1) is 10.9 Å². The Morgan fingerprint density at radius 2 is 1.96 bits per heavy atom. The molecule has 3 N–H and O–H groups in total. The summed E-state index contributed by atoms with van der Waals surface area (Å²) in [5.74, 6) is -0.633. The van der Waals surface area contributed by atoms with Crippen molar-refractivity contribution in [2.24, 2.45) is 0 Å². The lowest BCUT2D eigenvalue weighted by Gasteiger charge is -2.23. The van der Waals surface area contributed by atoms with Gasteiger partial charge in [0.15, 0.2) is 0 Å². The summed E-state index contributed by atoms with van der Waals surface area (Å²) in [5, 5.41) is 7.90. The highest BCUT2D eigenvalue weighted by Gasteiger charge is 2.28. The SMILES string of the molecule is CCNC(=O)c1ccc(C)c(NC(=O)CC2Sc3ccccc3NC2=O)c1. The molecule has 0 aromatic heterocycles. The molecule has 140 valence electrons. The van der Waals surface area contributed by atoms with Crippen molar-refractivity contribution in [3.63, 3.8) is 0 Å². The molecule has 6 nitrogen and oxygen atoms in total. The van der Waals surface area contributed by atoms with Crippen LogP contribution in [0.5, 0.6) is 0 Å². The molecule has 0 spiro atoms. The molecule has 7 heteroatoms. The van der Waals surface area contributed by atoms with Crippen molar-refractivity contribution in [2.45, 2.75) is 30.4 Å². The molecule has 0 fully saturated rings. The Balaban J connectivity index is 1.68. The van der Waals surface area contributed by atoms with Crippen molar-refractivity contribution in [2.75, 3.05) is 17.2 Å². The summed E-state index contributed by atoms with van der Waals surface area (Å²) >= 11 is 1.39. The molecule has 27 heavy (non-hydrogen) atoms. The number of hydrogen-bond donors (Lipinski definition) is 3. The van der Waals surface area contributed by atoms with Gasteiger partial charge in [-0.3, -0.25) is 14.4 Å². The number of nitrogens with one attached hydrogen (secondary N) is 3. The zero-order chi connectivity index (χ0) is 19.4. The van der Waals surface area contributed by atoms with Crippen molar-refractivity contribution in [1.82, 2.24) is 5.32 Å². The molecule has 3 rings (SSSR count). The molecular weight excluding hydrogens is 362 g/mol. The van der Waals surface area contributed by atoms with Gasteiger partial charge in [-0.15, -0.1) is 11.8 Å². The highest BCUT2D eigenvalue weighted by atomic mass is 32.2. The van der Waals surface area contributed by atoms with Crippen LogP contribution < -0.4 is 16.0 Å². The molecule has 3 amide bonds. The minimum Gasteiger partial charge on any atom is -0.352 e. The predicted octanol–water partition coefficient (Wildman–Crippen LogP) is 3.19. The van der Waals surface area contributed by atoms with E-state index in [0.717, 1.165) is 16.1 Å². The summed E-state index contributed by atoms with van der Waals surface area (Å²) in [6.07, 6.45) is 0.0512. The van der Waals surface area contributed by atoms with Crippen molar-refractivity contribution < 1.29 is 14.4 Å². The van der Waals surface area contributed by atoms with Gasteiger partial charge >= 0.3 is 0 Å².